The number of aromatic amines is 1. The third kappa shape index (κ3) is 3.37. The molecule has 1 aliphatic rings. The first-order valence-corrected chi connectivity index (χ1v) is 8.63. The van der Waals surface area contributed by atoms with Crippen LogP contribution in [-0.2, 0) is 4.84 Å². The molecule has 0 atom stereocenters. The zero-order chi connectivity index (χ0) is 18.1. The molecule has 0 bridgehead atoms. The van der Waals surface area contributed by atoms with Crippen LogP contribution in [0.2, 0.25) is 0 Å². The van der Waals surface area contributed by atoms with Crippen LogP contribution in [0.1, 0.15) is 29.5 Å². The summed E-state index contributed by atoms with van der Waals surface area (Å²) in [5.74, 6) is 0.753. The van der Waals surface area contributed by atoms with Crippen molar-refractivity contribution in [3.8, 4) is 0 Å². The molecule has 1 aromatic carbocycles. The molecule has 0 spiro atoms. The van der Waals surface area contributed by atoms with Crippen LogP contribution in [0.3, 0.4) is 0 Å². The minimum atomic E-state index is -0.450. The van der Waals surface area contributed by atoms with Gasteiger partial charge in [-0.2, -0.15) is 0 Å². The fraction of sp³-hybridized carbons (Fsp3) is 0.316. The Balaban J connectivity index is 1.69. The number of imidazole rings is 1. The lowest BCUT2D eigenvalue weighted by Crippen LogP contribution is -2.04. The number of H-pyrrole nitrogens is 1. The SMILES string of the molecule is Cc1cnc(Nc2c(C=NOCC3CC3)cc3[nH]cnc3c2F)c(C)c1. The molecule has 26 heavy (non-hydrogen) atoms. The summed E-state index contributed by atoms with van der Waals surface area (Å²) in [5.41, 5.74) is 3.70. The first kappa shape index (κ1) is 16.5. The van der Waals surface area contributed by atoms with E-state index in [0.717, 1.165) is 11.1 Å². The number of aromatic nitrogens is 3. The van der Waals surface area contributed by atoms with E-state index in [0.29, 0.717) is 29.4 Å². The van der Waals surface area contributed by atoms with Crippen LogP contribution in [0.5, 0.6) is 0 Å². The highest BCUT2D eigenvalue weighted by Gasteiger charge is 2.22. The van der Waals surface area contributed by atoms with Crippen LogP contribution >= 0.6 is 0 Å². The molecule has 0 aliphatic heterocycles. The average Bonchev–Trinajstić information content (AvgIpc) is 3.32. The van der Waals surface area contributed by atoms with E-state index in [2.05, 4.69) is 25.4 Å². The number of nitrogens with one attached hydrogen (secondary N) is 2. The number of hydrogen-bond acceptors (Lipinski definition) is 5. The zero-order valence-electron chi connectivity index (χ0n) is 14.7. The summed E-state index contributed by atoms with van der Waals surface area (Å²) in [4.78, 5) is 16.7. The second-order valence-corrected chi connectivity index (χ2v) is 6.73. The normalized spacial score (nSPS) is 14.3. The molecule has 0 radical (unpaired) electrons. The first-order valence-electron chi connectivity index (χ1n) is 8.63. The second kappa shape index (κ2) is 6.74. The van der Waals surface area contributed by atoms with Crippen LogP contribution in [0.4, 0.5) is 15.9 Å². The van der Waals surface area contributed by atoms with Gasteiger partial charge >= 0.3 is 0 Å². The van der Waals surface area contributed by atoms with Gasteiger partial charge in [0.2, 0.25) is 0 Å². The number of pyridine rings is 1. The summed E-state index contributed by atoms with van der Waals surface area (Å²) >= 11 is 0. The molecule has 3 aromatic rings. The van der Waals surface area contributed by atoms with Crippen molar-refractivity contribution in [3.05, 3.63) is 47.2 Å². The average molecular weight is 353 g/mol. The van der Waals surface area contributed by atoms with Crippen molar-refractivity contribution in [2.45, 2.75) is 26.7 Å². The van der Waals surface area contributed by atoms with E-state index < -0.39 is 5.82 Å². The Morgan fingerprint density at radius 1 is 1.35 bits per heavy atom. The fourth-order valence-electron chi connectivity index (χ4n) is 2.78. The molecule has 4 rings (SSSR count). The lowest BCUT2D eigenvalue weighted by molar-refractivity contribution is 0.135. The Morgan fingerprint density at radius 2 is 2.19 bits per heavy atom. The van der Waals surface area contributed by atoms with Gasteiger partial charge in [0, 0.05) is 11.8 Å². The van der Waals surface area contributed by atoms with Gasteiger partial charge in [-0.3, -0.25) is 0 Å². The highest BCUT2D eigenvalue weighted by Crippen LogP contribution is 2.30. The molecular weight excluding hydrogens is 333 g/mol. The van der Waals surface area contributed by atoms with Gasteiger partial charge in [-0.15, -0.1) is 0 Å². The Kier molecular flexibility index (Phi) is 4.28. The molecule has 134 valence electrons. The second-order valence-electron chi connectivity index (χ2n) is 6.73. The standard InChI is InChI=1S/C19H20FN5O/c1-11-5-12(2)19(21-7-11)25-17-14(8-24-26-9-13-3-4-13)6-15-18(16(17)20)23-10-22-15/h5-8,10,13H,3-4,9H2,1-2H3,(H,21,25)(H,22,23). The van der Waals surface area contributed by atoms with Crippen LogP contribution in [0.15, 0.2) is 29.8 Å². The molecule has 2 aromatic heterocycles. The Labute approximate surface area is 150 Å². The van der Waals surface area contributed by atoms with Gasteiger partial charge in [0.05, 0.1) is 23.7 Å². The van der Waals surface area contributed by atoms with E-state index in [9.17, 15) is 0 Å². The van der Waals surface area contributed by atoms with Crippen molar-refractivity contribution in [2.75, 3.05) is 11.9 Å². The molecule has 0 amide bonds. The van der Waals surface area contributed by atoms with Crippen molar-refractivity contribution in [2.24, 2.45) is 11.1 Å². The minimum absolute atomic E-state index is 0.272. The van der Waals surface area contributed by atoms with Gasteiger partial charge in [-0.05, 0) is 49.8 Å². The third-order valence-electron chi connectivity index (χ3n) is 4.42. The maximum atomic E-state index is 15.0. The maximum absolute atomic E-state index is 15.0. The van der Waals surface area contributed by atoms with E-state index in [1.54, 1.807) is 12.3 Å². The molecular formula is C19H20FN5O. The van der Waals surface area contributed by atoms with E-state index >= 15 is 4.39 Å². The molecule has 0 unspecified atom stereocenters. The Hall–Kier alpha value is -2.96. The summed E-state index contributed by atoms with van der Waals surface area (Å²) in [6, 6.07) is 3.79. The molecule has 0 saturated heterocycles. The number of anilines is 2. The summed E-state index contributed by atoms with van der Waals surface area (Å²) < 4.78 is 15.0. The molecule has 7 heteroatoms. The predicted molar refractivity (Wildman–Crippen MR) is 99.3 cm³/mol. The molecule has 2 N–H and O–H groups in total. The van der Waals surface area contributed by atoms with Crippen LogP contribution in [0.25, 0.3) is 11.0 Å². The summed E-state index contributed by atoms with van der Waals surface area (Å²) in [5, 5.41) is 7.10. The fourth-order valence-corrected chi connectivity index (χ4v) is 2.78. The summed E-state index contributed by atoms with van der Waals surface area (Å²) in [6.07, 6.45) is 7.12. The highest BCUT2D eigenvalue weighted by molar-refractivity contribution is 5.96. The van der Waals surface area contributed by atoms with Gasteiger partial charge in [-0.1, -0.05) is 11.2 Å². The predicted octanol–water partition coefficient (Wildman–Crippen LogP) is 4.22. The first-order chi connectivity index (χ1) is 12.6. The highest BCUT2D eigenvalue weighted by atomic mass is 19.1. The smallest absolute Gasteiger partial charge is 0.175 e. The van der Waals surface area contributed by atoms with Crippen LogP contribution in [-0.4, -0.2) is 27.8 Å². The topological polar surface area (TPSA) is 75.2 Å². The zero-order valence-corrected chi connectivity index (χ0v) is 14.7. The number of fused-ring (bicyclic) bond motifs is 1. The van der Waals surface area contributed by atoms with Crippen molar-refractivity contribution in [1.82, 2.24) is 15.0 Å². The quantitative estimate of drug-likeness (QED) is 0.514. The van der Waals surface area contributed by atoms with Gasteiger partial charge in [0.25, 0.3) is 0 Å². The number of halogens is 1. The van der Waals surface area contributed by atoms with Crippen molar-refractivity contribution in [3.63, 3.8) is 0 Å². The number of oxime groups is 1. The Bertz CT molecular complexity index is 977. The van der Waals surface area contributed by atoms with E-state index in [4.69, 9.17) is 4.84 Å². The molecule has 6 nitrogen and oxygen atoms in total. The minimum Gasteiger partial charge on any atom is -0.396 e. The summed E-state index contributed by atoms with van der Waals surface area (Å²) in [7, 11) is 0. The van der Waals surface area contributed by atoms with Gasteiger partial charge in [-0.25, -0.2) is 14.4 Å². The van der Waals surface area contributed by atoms with Crippen molar-refractivity contribution < 1.29 is 9.23 Å². The lowest BCUT2D eigenvalue weighted by Gasteiger charge is -2.13. The molecule has 1 saturated carbocycles. The van der Waals surface area contributed by atoms with Gasteiger partial charge < -0.3 is 15.1 Å². The van der Waals surface area contributed by atoms with Crippen LogP contribution in [0, 0.1) is 25.6 Å². The van der Waals surface area contributed by atoms with E-state index in [1.807, 2.05) is 19.9 Å². The van der Waals surface area contributed by atoms with Crippen molar-refractivity contribution in [1.29, 1.82) is 0 Å². The van der Waals surface area contributed by atoms with E-state index in [-0.39, 0.29) is 11.2 Å². The third-order valence-corrected chi connectivity index (χ3v) is 4.42. The monoisotopic (exact) mass is 353 g/mol. The molecule has 1 aliphatic carbocycles. The largest absolute Gasteiger partial charge is 0.396 e. The number of benzene rings is 1. The van der Waals surface area contributed by atoms with Crippen molar-refractivity contribution >= 4 is 28.8 Å². The maximum Gasteiger partial charge on any atom is 0.175 e. The number of aryl methyl sites for hydroxylation is 2. The molecule has 2 heterocycles. The van der Waals surface area contributed by atoms with Crippen LogP contribution < -0.4 is 5.32 Å². The van der Waals surface area contributed by atoms with E-state index in [1.165, 1.54) is 25.4 Å². The number of rotatable bonds is 6. The van der Waals surface area contributed by atoms with Gasteiger partial charge in [0.15, 0.2) is 5.82 Å². The Morgan fingerprint density at radius 3 is 2.96 bits per heavy atom. The number of nitrogens with zero attached hydrogens (tertiary/aromatic N) is 3. The summed E-state index contributed by atoms with van der Waals surface area (Å²) in [6.45, 7) is 4.50. The van der Waals surface area contributed by atoms with Gasteiger partial charge in [0.1, 0.15) is 17.9 Å². The number of hydrogen-bond donors (Lipinski definition) is 2. The lowest BCUT2D eigenvalue weighted by atomic mass is 10.1. The molecule has 1 fully saturated rings.